The molecule has 6 heteroatoms. The number of rotatable bonds is 6. The van der Waals surface area contributed by atoms with Crippen molar-refractivity contribution in [1.29, 1.82) is 0 Å². The van der Waals surface area contributed by atoms with Gasteiger partial charge in [-0.15, -0.1) is 11.8 Å². The van der Waals surface area contributed by atoms with E-state index in [4.69, 9.17) is 0 Å². The van der Waals surface area contributed by atoms with Gasteiger partial charge in [0.05, 0.1) is 16.9 Å². The predicted molar refractivity (Wildman–Crippen MR) is 92.1 cm³/mol. The van der Waals surface area contributed by atoms with Crippen LogP contribution in [0.1, 0.15) is 29.6 Å². The summed E-state index contributed by atoms with van der Waals surface area (Å²) in [5, 5.41) is 9.56. The number of hydrogen-bond acceptors (Lipinski definition) is 4. The van der Waals surface area contributed by atoms with Gasteiger partial charge in [-0.05, 0) is 18.8 Å². The summed E-state index contributed by atoms with van der Waals surface area (Å²) < 4.78 is 0. The summed E-state index contributed by atoms with van der Waals surface area (Å²) in [7, 11) is 0. The highest BCUT2D eigenvalue weighted by Gasteiger charge is 2.55. The van der Waals surface area contributed by atoms with E-state index in [0.717, 1.165) is 12.8 Å². The minimum atomic E-state index is -0.771. The standard InChI is InChI=1S/C18H21NO4S/c20-15(13-5-2-1-3-6-13)10-24-11-16(21)19-9-14-7-4-8-18(14,12-19)17(22)23/h1-3,5-6,14H,4,7-12H2,(H,22,23)/t14-,18+/m0/s1. The van der Waals surface area contributed by atoms with Gasteiger partial charge in [-0.25, -0.2) is 0 Å². The number of carbonyl (C=O) groups is 3. The molecule has 2 aliphatic rings. The van der Waals surface area contributed by atoms with Crippen LogP contribution in [0.3, 0.4) is 0 Å². The van der Waals surface area contributed by atoms with Gasteiger partial charge >= 0.3 is 5.97 Å². The molecule has 1 aromatic rings. The smallest absolute Gasteiger partial charge is 0.311 e. The van der Waals surface area contributed by atoms with E-state index in [0.29, 0.717) is 25.1 Å². The highest BCUT2D eigenvalue weighted by Crippen LogP contribution is 2.48. The Morgan fingerprint density at radius 2 is 1.96 bits per heavy atom. The molecule has 2 atom stereocenters. The first-order valence-electron chi connectivity index (χ1n) is 8.20. The molecule has 1 saturated carbocycles. The van der Waals surface area contributed by atoms with Gasteiger partial charge in [0.1, 0.15) is 0 Å². The van der Waals surface area contributed by atoms with Crippen molar-refractivity contribution in [3.8, 4) is 0 Å². The van der Waals surface area contributed by atoms with Gasteiger partial charge in [0.2, 0.25) is 5.91 Å². The molecular weight excluding hydrogens is 326 g/mol. The van der Waals surface area contributed by atoms with Gasteiger partial charge in [0.25, 0.3) is 0 Å². The summed E-state index contributed by atoms with van der Waals surface area (Å²) in [6.07, 6.45) is 2.48. The molecule has 0 unspecified atom stereocenters. The van der Waals surface area contributed by atoms with Crippen molar-refractivity contribution in [2.45, 2.75) is 19.3 Å². The van der Waals surface area contributed by atoms with Crippen molar-refractivity contribution in [2.24, 2.45) is 11.3 Å². The molecule has 128 valence electrons. The number of carboxylic acids is 1. The number of thioether (sulfide) groups is 1. The first-order chi connectivity index (χ1) is 11.5. The van der Waals surface area contributed by atoms with E-state index in [1.54, 1.807) is 17.0 Å². The molecule has 5 nitrogen and oxygen atoms in total. The van der Waals surface area contributed by atoms with Gasteiger partial charge in [-0.3, -0.25) is 14.4 Å². The molecule has 1 aromatic carbocycles. The van der Waals surface area contributed by atoms with E-state index in [2.05, 4.69) is 0 Å². The van der Waals surface area contributed by atoms with Crippen molar-refractivity contribution in [1.82, 2.24) is 4.90 Å². The molecule has 24 heavy (non-hydrogen) atoms. The van der Waals surface area contributed by atoms with Crippen LogP contribution in [0.25, 0.3) is 0 Å². The number of aliphatic carboxylic acids is 1. The fourth-order valence-corrected chi connectivity index (χ4v) is 4.67. The Hall–Kier alpha value is -1.82. The summed E-state index contributed by atoms with van der Waals surface area (Å²) >= 11 is 1.30. The van der Waals surface area contributed by atoms with E-state index < -0.39 is 11.4 Å². The van der Waals surface area contributed by atoms with E-state index in [9.17, 15) is 19.5 Å². The number of Topliss-reactive ketones (excluding diaryl/α,β-unsaturated/α-hetero) is 1. The SMILES string of the molecule is O=C(CSCC(=O)N1C[C@@H]2CCC[C@@]2(C(=O)O)C1)c1ccccc1. The number of carboxylic acid groups (broad SMARTS) is 1. The Morgan fingerprint density at radius 1 is 1.21 bits per heavy atom. The number of benzene rings is 1. The molecule has 1 heterocycles. The highest BCUT2D eigenvalue weighted by atomic mass is 32.2. The van der Waals surface area contributed by atoms with E-state index in [1.807, 2.05) is 18.2 Å². The Morgan fingerprint density at radius 3 is 2.62 bits per heavy atom. The van der Waals surface area contributed by atoms with Crippen LogP contribution >= 0.6 is 11.8 Å². The van der Waals surface area contributed by atoms with Crippen molar-refractivity contribution < 1.29 is 19.5 Å². The zero-order valence-electron chi connectivity index (χ0n) is 13.4. The molecule has 0 spiro atoms. The van der Waals surface area contributed by atoms with E-state index in [-0.39, 0.29) is 29.1 Å². The largest absolute Gasteiger partial charge is 0.481 e. The molecule has 0 aromatic heterocycles. The van der Waals surface area contributed by atoms with Gasteiger partial charge in [-0.1, -0.05) is 36.8 Å². The lowest BCUT2D eigenvalue weighted by molar-refractivity contribution is -0.149. The first-order valence-corrected chi connectivity index (χ1v) is 9.35. The maximum absolute atomic E-state index is 12.4. The van der Waals surface area contributed by atoms with Gasteiger partial charge in [-0.2, -0.15) is 0 Å². The molecule has 1 saturated heterocycles. The number of fused-ring (bicyclic) bond motifs is 1. The predicted octanol–water partition coefficient (Wildman–Crippen LogP) is 2.32. The van der Waals surface area contributed by atoms with Crippen molar-refractivity contribution in [2.75, 3.05) is 24.6 Å². The number of nitrogens with zero attached hydrogens (tertiary/aromatic N) is 1. The quantitative estimate of drug-likeness (QED) is 0.800. The van der Waals surface area contributed by atoms with Crippen molar-refractivity contribution in [3.63, 3.8) is 0 Å². The topological polar surface area (TPSA) is 74.7 Å². The normalized spacial score (nSPS) is 25.5. The molecule has 1 aliphatic carbocycles. The van der Waals surface area contributed by atoms with Gasteiger partial charge in [0.15, 0.2) is 5.78 Å². The lowest BCUT2D eigenvalue weighted by atomic mass is 9.81. The fourth-order valence-electron chi connectivity index (χ4n) is 3.86. The third kappa shape index (κ3) is 3.20. The van der Waals surface area contributed by atoms with Gasteiger partial charge < -0.3 is 10.0 Å². The Balaban J connectivity index is 1.50. The van der Waals surface area contributed by atoms with Crippen molar-refractivity contribution in [3.05, 3.63) is 35.9 Å². The van der Waals surface area contributed by atoms with E-state index in [1.165, 1.54) is 11.8 Å². The molecule has 1 N–H and O–H groups in total. The minimum Gasteiger partial charge on any atom is -0.481 e. The van der Waals surface area contributed by atoms with Crippen LogP contribution in [0.2, 0.25) is 0 Å². The van der Waals surface area contributed by atoms with E-state index >= 15 is 0 Å². The Labute approximate surface area is 145 Å². The average Bonchev–Trinajstić information content (AvgIpc) is 3.13. The summed E-state index contributed by atoms with van der Waals surface area (Å²) in [5.41, 5.74) is -0.0850. The van der Waals surface area contributed by atoms with Crippen LogP contribution in [-0.4, -0.2) is 52.3 Å². The molecule has 0 radical (unpaired) electrons. The van der Waals surface area contributed by atoms with Crippen LogP contribution in [0.15, 0.2) is 30.3 Å². The van der Waals surface area contributed by atoms with Crippen molar-refractivity contribution >= 4 is 29.4 Å². The van der Waals surface area contributed by atoms with Crippen LogP contribution in [0, 0.1) is 11.3 Å². The summed E-state index contributed by atoms with van der Waals surface area (Å²) in [6, 6.07) is 9.02. The molecule has 1 amide bonds. The zero-order valence-corrected chi connectivity index (χ0v) is 14.3. The highest BCUT2D eigenvalue weighted by molar-refractivity contribution is 8.00. The first kappa shape index (κ1) is 17.0. The lowest BCUT2D eigenvalue weighted by Gasteiger charge is -2.23. The summed E-state index contributed by atoms with van der Waals surface area (Å²) in [4.78, 5) is 37.7. The fraction of sp³-hybridized carbons (Fsp3) is 0.500. The molecule has 2 fully saturated rings. The number of ketones is 1. The maximum Gasteiger partial charge on any atom is 0.311 e. The summed E-state index contributed by atoms with van der Waals surface area (Å²) in [5.74, 6) is -0.260. The monoisotopic (exact) mass is 347 g/mol. The summed E-state index contributed by atoms with van der Waals surface area (Å²) in [6.45, 7) is 0.858. The molecular formula is C18H21NO4S. The Bertz CT molecular complexity index is 648. The third-order valence-corrected chi connectivity index (χ3v) is 6.12. The third-order valence-electron chi connectivity index (χ3n) is 5.20. The molecule has 3 rings (SSSR count). The lowest BCUT2D eigenvalue weighted by Crippen LogP contribution is -2.37. The van der Waals surface area contributed by atoms with Crippen LogP contribution in [0.5, 0.6) is 0 Å². The number of hydrogen-bond donors (Lipinski definition) is 1. The second-order valence-corrected chi connectivity index (χ2v) is 7.59. The maximum atomic E-state index is 12.4. The molecule has 0 bridgehead atoms. The second kappa shape index (κ2) is 6.97. The van der Waals surface area contributed by atoms with Crippen LogP contribution < -0.4 is 0 Å². The number of carbonyl (C=O) groups excluding carboxylic acids is 2. The zero-order chi connectivity index (χ0) is 17.2. The number of likely N-dealkylation sites (tertiary alicyclic amines) is 1. The average molecular weight is 347 g/mol. The Kier molecular flexibility index (Phi) is 4.94. The van der Waals surface area contributed by atoms with Crippen LogP contribution in [0.4, 0.5) is 0 Å². The molecule has 1 aliphatic heterocycles. The second-order valence-electron chi connectivity index (χ2n) is 6.61. The number of amides is 1. The van der Waals surface area contributed by atoms with Crippen LogP contribution in [-0.2, 0) is 9.59 Å². The van der Waals surface area contributed by atoms with Gasteiger partial charge in [0, 0.05) is 18.7 Å². The minimum absolute atomic E-state index is 0.00805.